The third kappa shape index (κ3) is 8.58. The molecule has 0 spiro atoms. The second kappa shape index (κ2) is 13.6. The molecule has 0 aliphatic carbocycles. The number of hydrogen-bond acceptors (Lipinski definition) is 6. The molecule has 4 rings (SSSR count). The van der Waals surface area contributed by atoms with Crippen molar-refractivity contribution in [2.24, 2.45) is 5.92 Å². The van der Waals surface area contributed by atoms with Crippen LogP contribution in [0.2, 0.25) is 15.1 Å². The van der Waals surface area contributed by atoms with Crippen molar-refractivity contribution in [3.05, 3.63) is 93.4 Å². The highest BCUT2D eigenvalue weighted by molar-refractivity contribution is 6.42. The van der Waals surface area contributed by atoms with E-state index in [2.05, 4.69) is 44.7 Å². The van der Waals surface area contributed by atoms with Crippen molar-refractivity contribution in [1.82, 2.24) is 24.8 Å². The fourth-order valence-corrected chi connectivity index (χ4v) is 4.39. The van der Waals surface area contributed by atoms with E-state index in [-0.39, 0.29) is 5.91 Å². The lowest BCUT2D eigenvalue weighted by atomic mass is 10.0. The average Bonchev–Trinajstić information content (AvgIpc) is 3.45. The molecule has 8 nitrogen and oxygen atoms in total. The number of imidazole rings is 1. The Hall–Kier alpha value is -3.33. The molecule has 1 atom stereocenters. The predicted molar refractivity (Wildman–Crippen MR) is 158 cm³/mol. The third-order valence-electron chi connectivity index (χ3n) is 5.94. The summed E-state index contributed by atoms with van der Waals surface area (Å²) in [6.45, 7) is 5.06. The van der Waals surface area contributed by atoms with Gasteiger partial charge in [-0.15, -0.1) is 0 Å². The summed E-state index contributed by atoms with van der Waals surface area (Å²) in [5.41, 5.74) is 1.85. The predicted octanol–water partition coefficient (Wildman–Crippen LogP) is 6.77. The number of amides is 1. The van der Waals surface area contributed by atoms with Crippen molar-refractivity contribution in [2.45, 2.75) is 45.8 Å². The fourth-order valence-electron chi connectivity index (χ4n) is 3.85. The Morgan fingerprint density at radius 2 is 1.77 bits per heavy atom. The summed E-state index contributed by atoms with van der Waals surface area (Å²) in [5, 5.41) is 11.2. The molecular weight excluding hydrogens is 557 g/mol. The summed E-state index contributed by atoms with van der Waals surface area (Å²) in [6, 6.07) is 14.2. The number of aromatic nitrogens is 4. The van der Waals surface area contributed by atoms with Crippen LogP contribution in [0.25, 0.3) is 5.82 Å². The normalized spacial score (nSPS) is 11.8. The van der Waals surface area contributed by atoms with Gasteiger partial charge in [-0.3, -0.25) is 9.36 Å². The van der Waals surface area contributed by atoms with Gasteiger partial charge in [-0.1, -0.05) is 66.8 Å². The maximum atomic E-state index is 13.3. The number of halogens is 3. The maximum absolute atomic E-state index is 13.3. The number of carbonyl (C=O) groups excluding carboxylic acids is 1. The minimum absolute atomic E-state index is 0.141. The molecule has 204 valence electrons. The van der Waals surface area contributed by atoms with Crippen LogP contribution in [0.4, 0.5) is 11.8 Å². The van der Waals surface area contributed by atoms with Gasteiger partial charge < -0.3 is 16.0 Å². The van der Waals surface area contributed by atoms with Gasteiger partial charge in [-0.2, -0.15) is 9.97 Å². The van der Waals surface area contributed by atoms with Crippen LogP contribution in [0.15, 0.2) is 67.3 Å². The number of benzene rings is 2. The van der Waals surface area contributed by atoms with Gasteiger partial charge in [-0.25, -0.2) is 4.98 Å². The molecule has 2 heterocycles. The highest BCUT2D eigenvalue weighted by Gasteiger charge is 2.20. The van der Waals surface area contributed by atoms with Crippen molar-refractivity contribution in [3.8, 4) is 5.82 Å². The molecule has 39 heavy (non-hydrogen) atoms. The van der Waals surface area contributed by atoms with Crippen molar-refractivity contribution in [3.63, 3.8) is 0 Å². The van der Waals surface area contributed by atoms with E-state index in [0.29, 0.717) is 58.1 Å². The second-order valence-electron chi connectivity index (χ2n) is 9.52. The van der Waals surface area contributed by atoms with Gasteiger partial charge >= 0.3 is 0 Å². The summed E-state index contributed by atoms with van der Waals surface area (Å²) in [7, 11) is 0. The highest BCUT2D eigenvalue weighted by Crippen LogP contribution is 2.23. The maximum Gasteiger partial charge on any atom is 0.242 e. The summed E-state index contributed by atoms with van der Waals surface area (Å²) in [5.74, 6) is 1.82. The van der Waals surface area contributed by atoms with Crippen LogP contribution in [0, 0.1) is 5.92 Å². The quantitative estimate of drug-likeness (QED) is 0.170. The number of nitrogens with one attached hydrogen (secondary N) is 3. The van der Waals surface area contributed by atoms with Gasteiger partial charge in [0, 0.05) is 36.6 Å². The van der Waals surface area contributed by atoms with E-state index in [1.807, 2.05) is 30.3 Å². The first kappa shape index (κ1) is 28.7. The first-order valence-electron chi connectivity index (χ1n) is 12.6. The summed E-state index contributed by atoms with van der Waals surface area (Å²) >= 11 is 18.3. The first-order chi connectivity index (χ1) is 18.8. The molecular formula is C28H30Cl3N7O. The van der Waals surface area contributed by atoms with Crippen LogP contribution in [0.1, 0.15) is 37.8 Å². The summed E-state index contributed by atoms with van der Waals surface area (Å²) in [4.78, 5) is 26.7. The SMILES string of the molecule is CC(C)CCC(Nc1cc(-n2ccnc2)nc(NCc2cccc(Cl)c2)n1)C(=O)NCc1ccc(Cl)c(Cl)c1. The minimum Gasteiger partial charge on any atom is -0.358 e. The Balaban J connectivity index is 1.54. The van der Waals surface area contributed by atoms with E-state index in [1.165, 1.54) is 0 Å². The lowest BCUT2D eigenvalue weighted by Gasteiger charge is -2.21. The van der Waals surface area contributed by atoms with Crippen LogP contribution in [-0.4, -0.2) is 31.5 Å². The molecule has 4 aromatic rings. The topological polar surface area (TPSA) is 96.8 Å². The lowest BCUT2D eigenvalue weighted by Crippen LogP contribution is -2.39. The molecule has 2 aromatic heterocycles. The van der Waals surface area contributed by atoms with Gasteiger partial charge in [0.15, 0.2) is 0 Å². The van der Waals surface area contributed by atoms with Gasteiger partial charge in [0.1, 0.15) is 24.0 Å². The van der Waals surface area contributed by atoms with E-state index in [0.717, 1.165) is 17.5 Å². The van der Waals surface area contributed by atoms with Crippen molar-refractivity contribution >= 4 is 52.5 Å². The third-order valence-corrected chi connectivity index (χ3v) is 6.92. The van der Waals surface area contributed by atoms with E-state index in [1.54, 1.807) is 41.5 Å². The second-order valence-corrected chi connectivity index (χ2v) is 10.8. The van der Waals surface area contributed by atoms with Crippen LogP contribution in [0.5, 0.6) is 0 Å². The van der Waals surface area contributed by atoms with Crippen LogP contribution >= 0.6 is 34.8 Å². The van der Waals surface area contributed by atoms with Gasteiger partial charge in [-0.05, 0) is 54.2 Å². The fraction of sp³-hybridized carbons (Fsp3) is 0.286. The van der Waals surface area contributed by atoms with Crippen molar-refractivity contribution in [2.75, 3.05) is 10.6 Å². The minimum atomic E-state index is -0.513. The van der Waals surface area contributed by atoms with Gasteiger partial charge in [0.05, 0.1) is 10.0 Å². The Kier molecular flexibility index (Phi) is 10.0. The number of carbonyl (C=O) groups is 1. The van der Waals surface area contributed by atoms with E-state index in [4.69, 9.17) is 34.8 Å². The van der Waals surface area contributed by atoms with Gasteiger partial charge in [0.2, 0.25) is 11.9 Å². The van der Waals surface area contributed by atoms with E-state index >= 15 is 0 Å². The Morgan fingerprint density at radius 3 is 2.49 bits per heavy atom. The molecule has 1 unspecified atom stereocenters. The zero-order valence-corrected chi connectivity index (χ0v) is 23.9. The van der Waals surface area contributed by atoms with E-state index in [9.17, 15) is 4.79 Å². The smallest absolute Gasteiger partial charge is 0.242 e. The molecule has 0 aliphatic heterocycles. The summed E-state index contributed by atoms with van der Waals surface area (Å²) < 4.78 is 1.78. The van der Waals surface area contributed by atoms with Crippen LogP contribution in [-0.2, 0) is 17.9 Å². The number of nitrogens with zero attached hydrogens (tertiary/aromatic N) is 4. The molecule has 0 radical (unpaired) electrons. The molecule has 3 N–H and O–H groups in total. The Labute approximate surface area is 243 Å². The van der Waals surface area contributed by atoms with Crippen molar-refractivity contribution in [1.29, 1.82) is 0 Å². The number of hydrogen-bond donors (Lipinski definition) is 3. The molecule has 0 saturated carbocycles. The van der Waals surface area contributed by atoms with E-state index < -0.39 is 6.04 Å². The molecule has 0 bridgehead atoms. The lowest BCUT2D eigenvalue weighted by molar-refractivity contribution is -0.122. The standard InChI is InChI=1S/C28H30Cl3N7O/c1-18(2)6-9-24(27(39)33-15-20-7-8-22(30)23(31)13-20)35-25-14-26(38-11-10-32-17-38)37-28(36-25)34-16-19-4-3-5-21(29)12-19/h3-5,7-8,10-14,17-18,24H,6,9,15-16H2,1-2H3,(H,33,39)(H2,34,35,36,37). The molecule has 1 amide bonds. The largest absolute Gasteiger partial charge is 0.358 e. The molecule has 2 aromatic carbocycles. The zero-order valence-electron chi connectivity index (χ0n) is 21.7. The van der Waals surface area contributed by atoms with Crippen molar-refractivity contribution < 1.29 is 4.79 Å². The monoisotopic (exact) mass is 585 g/mol. The zero-order chi connectivity index (χ0) is 27.8. The Morgan fingerprint density at radius 1 is 0.949 bits per heavy atom. The molecule has 0 aliphatic rings. The molecule has 11 heteroatoms. The van der Waals surface area contributed by atoms with Crippen LogP contribution in [0.3, 0.4) is 0 Å². The number of anilines is 2. The van der Waals surface area contributed by atoms with Crippen LogP contribution < -0.4 is 16.0 Å². The Bertz CT molecular complexity index is 1400. The molecule has 0 fully saturated rings. The summed E-state index contributed by atoms with van der Waals surface area (Å²) in [6.07, 6.45) is 6.62. The highest BCUT2D eigenvalue weighted by atomic mass is 35.5. The van der Waals surface area contributed by atoms with Gasteiger partial charge in [0.25, 0.3) is 0 Å². The number of rotatable bonds is 12. The molecule has 0 saturated heterocycles. The first-order valence-corrected chi connectivity index (χ1v) is 13.7. The average molecular weight is 587 g/mol.